The normalized spacial score (nSPS) is 14.3. The molecule has 7 nitrogen and oxygen atoms in total. The Hall–Kier alpha value is -3.61. The molecule has 1 aromatic heterocycles. The molecule has 0 bridgehead atoms. The Morgan fingerprint density at radius 3 is 2.56 bits per heavy atom. The molecule has 1 aliphatic rings. The van der Waals surface area contributed by atoms with Gasteiger partial charge in [0, 0.05) is 28.7 Å². The molecule has 4 rings (SSSR count). The Morgan fingerprint density at radius 2 is 1.81 bits per heavy atom. The van der Waals surface area contributed by atoms with Gasteiger partial charge < -0.3 is 14.6 Å². The summed E-state index contributed by atoms with van der Waals surface area (Å²) in [4.78, 5) is 25.4. The van der Waals surface area contributed by atoms with E-state index in [9.17, 15) is 9.59 Å². The minimum atomic E-state index is -0.723. The second kappa shape index (κ2) is 11.4. The molecule has 1 heterocycles. The van der Waals surface area contributed by atoms with E-state index in [1.165, 1.54) is 24.0 Å². The van der Waals surface area contributed by atoms with Crippen molar-refractivity contribution in [1.82, 2.24) is 15.3 Å². The van der Waals surface area contributed by atoms with Gasteiger partial charge in [-0.05, 0) is 74.8 Å². The average molecular weight is 489 g/mol. The summed E-state index contributed by atoms with van der Waals surface area (Å²) in [7, 11) is 0. The molecule has 190 valence electrons. The maximum Gasteiger partial charge on any atom is 0.262 e. The van der Waals surface area contributed by atoms with Crippen LogP contribution < -0.4 is 15.5 Å². The lowest BCUT2D eigenvalue weighted by molar-refractivity contribution is -0.131. The summed E-state index contributed by atoms with van der Waals surface area (Å²) in [6.07, 6.45) is 8.24. The van der Waals surface area contributed by atoms with Gasteiger partial charge in [-0.1, -0.05) is 38.1 Å². The van der Waals surface area contributed by atoms with Crippen LogP contribution in [-0.4, -0.2) is 35.2 Å². The number of aromatic nitrogens is 1. The summed E-state index contributed by atoms with van der Waals surface area (Å²) in [6.45, 7) is 7.87. The van der Waals surface area contributed by atoms with Crippen LogP contribution in [0.1, 0.15) is 63.3 Å². The standard InChI is InChI=1S/C29H36N4O3/c1-19(2)28(31-27(34)18-36-24-14-13-21-9-5-6-10-22(21)15-24)29(35)32-30-16-23-17-33(20(3)4)26-12-8-7-11-25(23)26/h7-8,11-17,19-20,28H,5-6,9-10,18H2,1-4H3,(H,31,34)(H,32,35)/b30-16-/t28-/m0/s1. The molecule has 7 heteroatoms. The zero-order valence-corrected chi connectivity index (χ0v) is 21.6. The average Bonchev–Trinajstić information content (AvgIpc) is 3.24. The number of aryl methyl sites for hydroxylation is 2. The van der Waals surface area contributed by atoms with E-state index in [-0.39, 0.29) is 24.3 Å². The quantitative estimate of drug-likeness (QED) is 0.336. The lowest BCUT2D eigenvalue weighted by Gasteiger charge is -2.21. The monoisotopic (exact) mass is 488 g/mol. The maximum atomic E-state index is 12.8. The third kappa shape index (κ3) is 5.96. The number of para-hydroxylation sites is 1. The Kier molecular flexibility index (Phi) is 8.08. The van der Waals surface area contributed by atoms with E-state index in [2.05, 4.69) is 46.4 Å². The smallest absolute Gasteiger partial charge is 0.262 e. The number of benzene rings is 2. The number of hydrogen-bond donors (Lipinski definition) is 2. The second-order valence-corrected chi connectivity index (χ2v) is 10.1. The predicted molar refractivity (Wildman–Crippen MR) is 143 cm³/mol. The number of carbonyl (C=O) groups is 2. The van der Waals surface area contributed by atoms with Gasteiger partial charge in [-0.2, -0.15) is 5.10 Å². The van der Waals surface area contributed by atoms with Gasteiger partial charge in [0.15, 0.2) is 6.61 Å². The highest BCUT2D eigenvalue weighted by molar-refractivity contribution is 6.00. The molecule has 2 amide bonds. The van der Waals surface area contributed by atoms with Gasteiger partial charge in [-0.3, -0.25) is 9.59 Å². The molecule has 36 heavy (non-hydrogen) atoms. The minimum Gasteiger partial charge on any atom is -0.484 e. The van der Waals surface area contributed by atoms with E-state index in [0.29, 0.717) is 11.8 Å². The van der Waals surface area contributed by atoms with Crippen LogP contribution in [-0.2, 0) is 22.4 Å². The van der Waals surface area contributed by atoms with E-state index >= 15 is 0 Å². The number of hydrazone groups is 1. The predicted octanol–water partition coefficient (Wildman–Crippen LogP) is 4.77. The van der Waals surface area contributed by atoms with Crippen LogP contribution in [0.4, 0.5) is 0 Å². The lowest BCUT2D eigenvalue weighted by atomic mass is 9.92. The van der Waals surface area contributed by atoms with Gasteiger partial charge in [-0.25, -0.2) is 5.43 Å². The fourth-order valence-corrected chi connectivity index (χ4v) is 4.70. The van der Waals surface area contributed by atoms with Crippen LogP contribution in [0, 0.1) is 5.92 Å². The molecule has 0 spiro atoms. The van der Waals surface area contributed by atoms with Crippen molar-refractivity contribution in [2.75, 3.05) is 6.61 Å². The van der Waals surface area contributed by atoms with Gasteiger partial charge >= 0.3 is 0 Å². The molecule has 0 saturated heterocycles. The van der Waals surface area contributed by atoms with E-state index in [0.717, 1.165) is 29.3 Å². The molecule has 2 N–H and O–H groups in total. The van der Waals surface area contributed by atoms with Crippen molar-refractivity contribution in [3.63, 3.8) is 0 Å². The van der Waals surface area contributed by atoms with Crippen LogP contribution in [0.5, 0.6) is 5.75 Å². The highest BCUT2D eigenvalue weighted by Crippen LogP contribution is 2.25. The third-order valence-corrected chi connectivity index (χ3v) is 6.66. The van der Waals surface area contributed by atoms with Crippen LogP contribution in [0.2, 0.25) is 0 Å². The number of nitrogens with one attached hydrogen (secondary N) is 2. The van der Waals surface area contributed by atoms with Crippen molar-refractivity contribution in [2.24, 2.45) is 11.0 Å². The summed E-state index contributed by atoms with van der Waals surface area (Å²) in [5.41, 5.74) is 7.30. The fraction of sp³-hybridized carbons (Fsp3) is 0.414. The highest BCUT2D eigenvalue weighted by atomic mass is 16.5. The summed E-state index contributed by atoms with van der Waals surface area (Å²) in [5.74, 6) is -0.140. The Bertz CT molecular complexity index is 1260. The summed E-state index contributed by atoms with van der Waals surface area (Å²) < 4.78 is 7.90. The molecular formula is C29H36N4O3. The number of rotatable bonds is 9. The van der Waals surface area contributed by atoms with E-state index in [1.807, 2.05) is 50.4 Å². The Balaban J connectivity index is 1.35. The SMILES string of the molecule is CC(C)[C@H](NC(=O)COc1ccc2c(c1)CCCC2)C(=O)N/N=C\c1cn(C(C)C)c2ccccc12. The zero-order chi connectivity index (χ0) is 25.7. The van der Waals surface area contributed by atoms with Crippen molar-refractivity contribution in [3.05, 3.63) is 65.4 Å². The van der Waals surface area contributed by atoms with Gasteiger partial charge in [0.25, 0.3) is 11.8 Å². The number of ether oxygens (including phenoxy) is 1. The number of fused-ring (bicyclic) bond motifs is 2. The van der Waals surface area contributed by atoms with Crippen molar-refractivity contribution in [2.45, 2.75) is 65.5 Å². The molecule has 0 saturated carbocycles. The molecule has 0 fully saturated rings. The van der Waals surface area contributed by atoms with E-state index in [4.69, 9.17) is 4.74 Å². The number of amides is 2. The molecule has 3 aromatic rings. The maximum absolute atomic E-state index is 12.8. The fourth-order valence-electron chi connectivity index (χ4n) is 4.70. The molecule has 1 atom stereocenters. The van der Waals surface area contributed by atoms with Gasteiger partial charge in [0.1, 0.15) is 11.8 Å². The largest absolute Gasteiger partial charge is 0.484 e. The Labute approximate surface area is 212 Å². The molecule has 0 aliphatic heterocycles. The summed E-state index contributed by atoms with van der Waals surface area (Å²) in [6, 6.07) is 13.7. The van der Waals surface area contributed by atoms with Gasteiger partial charge in [-0.15, -0.1) is 0 Å². The first-order valence-corrected chi connectivity index (χ1v) is 12.8. The first-order chi connectivity index (χ1) is 17.3. The van der Waals surface area contributed by atoms with Crippen molar-refractivity contribution < 1.29 is 14.3 Å². The molecular weight excluding hydrogens is 452 g/mol. The zero-order valence-electron chi connectivity index (χ0n) is 21.6. The summed E-state index contributed by atoms with van der Waals surface area (Å²) in [5, 5.41) is 8.05. The second-order valence-electron chi connectivity index (χ2n) is 10.1. The van der Waals surface area contributed by atoms with Crippen LogP contribution in [0.25, 0.3) is 10.9 Å². The van der Waals surface area contributed by atoms with Gasteiger partial charge in [0.2, 0.25) is 0 Å². The number of carbonyl (C=O) groups excluding carboxylic acids is 2. The molecule has 0 radical (unpaired) electrons. The minimum absolute atomic E-state index is 0.115. The number of hydrogen-bond acceptors (Lipinski definition) is 4. The Morgan fingerprint density at radius 1 is 1.06 bits per heavy atom. The van der Waals surface area contributed by atoms with Gasteiger partial charge in [0.05, 0.1) is 6.21 Å². The first-order valence-electron chi connectivity index (χ1n) is 12.8. The van der Waals surface area contributed by atoms with E-state index in [1.54, 1.807) is 6.21 Å². The van der Waals surface area contributed by atoms with Crippen LogP contribution in [0.3, 0.4) is 0 Å². The van der Waals surface area contributed by atoms with Crippen molar-refractivity contribution in [1.29, 1.82) is 0 Å². The van der Waals surface area contributed by atoms with Crippen molar-refractivity contribution in [3.8, 4) is 5.75 Å². The van der Waals surface area contributed by atoms with Crippen LogP contribution >= 0.6 is 0 Å². The first kappa shape index (κ1) is 25.5. The van der Waals surface area contributed by atoms with Crippen LogP contribution in [0.15, 0.2) is 53.8 Å². The molecule has 2 aromatic carbocycles. The number of nitrogens with zero attached hydrogens (tertiary/aromatic N) is 2. The summed E-state index contributed by atoms with van der Waals surface area (Å²) >= 11 is 0. The molecule has 1 aliphatic carbocycles. The third-order valence-electron chi connectivity index (χ3n) is 6.66. The molecule has 0 unspecified atom stereocenters. The van der Waals surface area contributed by atoms with E-state index < -0.39 is 6.04 Å². The lowest BCUT2D eigenvalue weighted by Crippen LogP contribution is -2.49. The van der Waals surface area contributed by atoms with Crippen molar-refractivity contribution >= 4 is 28.9 Å². The topological polar surface area (TPSA) is 84.7 Å². The highest BCUT2D eigenvalue weighted by Gasteiger charge is 2.24.